The zero-order chi connectivity index (χ0) is 15.6. The molecule has 0 spiro atoms. The Morgan fingerprint density at radius 1 is 1.18 bits per heavy atom. The van der Waals surface area contributed by atoms with Crippen molar-refractivity contribution in [3.05, 3.63) is 23.8 Å². The van der Waals surface area contributed by atoms with E-state index in [1.165, 1.54) is 12.8 Å². The van der Waals surface area contributed by atoms with E-state index in [-0.39, 0.29) is 11.6 Å². The number of ether oxygens (including phenoxy) is 2. The van der Waals surface area contributed by atoms with Crippen LogP contribution in [0.3, 0.4) is 0 Å². The van der Waals surface area contributed by atoms with Crippen molar-refractivity contribution in [2.75, 3.05) is 27.2 Å². The lowest BCUT2D eigenvalue weighted by Gasteiger charge is -2.33. The molecule has 3 rings (SSSR count). The highest BCUT2D eigenvalue weighted by molar-refractivity contribution is 5.50. The standard InChI is InChI=1S/C18H28N2O2/c1-20-12-8-14(9-13-20)22-17-15(6-5-7-16(17)21-2)18(19)10-3-4-11-18/h5-7,14H,3-4,8-13,19H2,1-2H3. The summed E-state index contributed by atoms with van der Waals surface area (Å²) >= 11 is 0. The zero-order valence-corrected chi connectivity index (χ0v) is 13.8. The van der Waals surface area contributed by atoms with E-state index in [2.05, 4.69) is 18.0 Å². The Hall–Kier alpha value is -1.26. The molecule has 2 N–H and O–H groups in total. The van der Waals surface area contributed by atoms with Crippen LogP contribution in [0.4, 0.5) is 0 Å². The van der Waals surface area contributed by atoms with E-state index in [1.54, 1.807) is 7.11 Å². The summed E-state index contributed by atoms with van der Waals surface area (Å²) in [5, 5.41) is 0. The first-order valence-corrected chi connectivity index (χ1v) is 8.44. The number of nitrogens with two attached hydrogens (primary N) is 1. The van der Waals surface area contributed by atoms with Gasteiger partial charge in [-0.05, 0) is 38.8 Å². The molecule has 22 heavy (non-hydrogen) atoms. The molecule has 1 aliphatic carbocycles. The number of methoxy groups -OCH3 is 1. The van der Waals surface area contributed by atoms with Gasteiger partial charge in [-0.3, -0.25) is 0 Å². The molecule has 2 aliphatic rings. The van der Waals surface area contributed by atoms with Crippen molar-refractivity contribution in [3.8, 4) is 11.5 Å². The SMILES string of the molecule is COc1cccc(C2(N)CCCC2)c1OC1CCN(C)CC1. The molecule has 0 aromatic heterocycles. The minimum absolute atomic E-state index is 0.255. The molecule has 1 aromatic carbocycles. The van der Waals surface area contributed by atoms with Crippen LogP contribution < -0.4 is 15.2 Å². The average Bonchev–Trinajstić information content (AvgIpc) is 2.97. The van der Waals surface area contributed by atoms with Crippen molar-refractivity contribution in [2.24, 2.45) is 5.73 Å². The second-order valence-electron chi connectivity index (χ2n) is 6.82. The lowest BCUT2D eigenvalue weighted by molar-refractivity contribution is 0.108. The largest absolute Gasteiger partial charge is 0.493 e. The maximum Gasteiger partial charge on any atom is 0.166 e. The molecular weight excluding hydrogens is 276 g/mol. The van der Waals surface area contributed by atoms with Gasteiger partial charge in [0.15, 0.2) is 11.5 Å². The molecule has 0 atom stereocenters. The van der Waals surface area contributed by atoms with Gasteiger partial charge in [-0.15, -0.1) is 0 Å². The smallest absolute Gasteiger partial charge is 0.166 e. The Morgan fingerprint density at radius 3 is 2.50 bits per heavy atom. The summed E-state index contributed by atoms with van der Waals surface area (Å²) in [6.45, 7) is 2.17. The van der Waals surface area contributed by atoms with Crippen molar-refractivity contribution in [1.29, 1.82) is 0 Å². The number of benzene rings is 1. The monoisotopic (exact) mass is 304 g/mol. The number of para-hydroxylation sites is 1. The molecule has 2 fully saturated rings. The van der Waals surface area contributed by atoms with Gasteiger partial charge in [-0.1, -0.05) is 25.0 Å². The Bertz CT molecular complexity index is 504. The van der Waals surface area contributed by atoms with Gasteiger partial charge in [0.25, 0.3) is 0 Å². The van der Waals surface area contributed by atoms with Gasteiger partial charge >= 0.3 is 0 Å². The third kappa shape index (κ3) is 3.08. The molecule has 4 heteroatoms. The van der Waals surface area contributed by atoms with Crippen LogP contribution in [0, 0.1) is 0 Å². The Balaban J connectivity index is 1.87. The highest BCUT2D eigenvalue weighted by Crippen LogP contribution is 2.44. The fourth-order valence-electron chi connectivity index (χ4n) is 3.73. The van der Waals surface area contributed by atoms with E-state index in [1.807, 2.05) is 12.1 Å². The first-order valence-electron chi connectivity index (χ1n) is 8.44. The summed E-state index contributed by atoms with van der Waals surface area (Å²) < 4.78 is 12.0. The lowest BCUT2D eigenvalue weighted by Crippen LogP contribution is -2.37. The molecule has 4 nitrogen and oxygen atoms in total. The summed E-state index contributed by atoms with van der Waals surface area (Å²) in [6, 6.07) is 6.13. The first-order chi connectivity index (χ1) is 10.6. The Labute approximate surface area is 133 Å². The van der Waals surface area contributed by atoms with E-state index in [9.17, 15) is 0 Å². The molecular formula is C18H28N2O2. The molecule has 1 saturated carbocycles. The minimum Gasteiger partial charge on any atom is -0.493 e. The van der Waals surface area contributed by atoms with Gasteiger partial charge in [0, 0.05) is 24.2 Å². The molecule has 0 unspecified atom stereocenters. The molecule has 0 radical (unpaired) electrons. The third-order valence-corrected chi connectivity index (χ3v) is 5.18. The van der Waals surface area contributed by atoms with Gasteiger partial charge in [-0.25, -0.2) is 0 Å². The fourth-order valence-corrected chi connectivity index (χ4v) is 3.73. The molecule has 1 aliphatic heterocycles. The number of rotatable bonds is 4. The van der Waals surface area contributed by atoms with Gasteiger partial charge in [0.1, 0.15) is 6.10 Å². The summed E-state index contributed by atoms with van der Waals surface area (Å²) in [6.07, 6.45) is 6.84. The Morgan fingerprint density at radius 2 is 1.86 bits per heavy atom. The van der Waals surface area contributed by atoms with Crippen LogP contribution in [0.15, 0.2) is 18.2 Å². The number of hydrogen-bond acceptors (Lipinski definition) is 4. The van der Waals surface area contributed by atoms with E-state index in [0.717, 1.165) is 55.8 Å². The summed E-state index contributed by atoms with van der Waals surface area (Å²) in [7, 11) is 3.87. The van der Waals surface area contributed by atoms with Crippen LogP contribution in [0.5, 0.6) is 11.5 Å². The van der Waals surface area contributed by atoms with E-state index in [0.29, 0.717) is 0 Å². The minimum atomic E-state index is -0.255. The highest BCUT2D eigenvalue weighted by Gasteiger charge is 2.35. The number of hydrogen-bond donors (Lipinski definition) is 1. The van der Waals surface area contributed by atoms with Gasteiger partial charge < -0.3 is 20.1 Å². The van der Waals surface area contributed by atoms with Crippen molar-refractivity contribution < 1.29 is 9.47 Å². The first kappa shape index (κ1) is 15.6. The topological polar surface area (TPSA) is 47.7 Å². The molecule has 1 aromatic rings. The van der Waals surface area contributed by atoms with E-state index < -0.39 is 0 Å². The number of piperidine rings is 1. The second-order valence-corrected chi connectivity index (χ2v) is 6.82. The predicted molar refractivity (Wildman–Crippen MR) is 88.5 cm³/mol. The van der Waals surface area contributed by atoms with Crippen LogP contribution in [-0.2, 0) is 5.54 Å². The van der Waals surface area contributed by atoms with Crippen molar-refractivity contribution in [2.45, 2.75) is 50.2 Å². The second kappa shape index (κ2) is 6.47. The van der Waals surface area contributed by atoms with Crippen LogP contribution >= 0.6 is 0 Å². The normalized spacial score (nSPS) is 22.7. The molecule has 0 amide bonds. The van der Waals surface area contributed by atoms with Gasteiger partial charge in [-0.2, -0.15) is 0 Å². The predicted octanol–water partition coefficient (Wildman–Crippen LogP) is 2.90. The molecule has 1 saturated heterocycles. The van der Waals surface area contributed by atoms with E-state index >= 15 is 0 Å². The van der Waals surface area contributed by atoms with E-state index in [4.69, 9.17) is 15.2 Å². The fraction of sp³-hybridized carbons (Fsp3) is 0.667. The van der Waals surface area contributed by atoms with Crippen molar-refractivity contribution in [1.82, 2.24) is 4.90 Å². The highest BCUT2D eigenvalue weighted by atomic mass is 16.5. The number of nitrogens with zero attached hydrogens (tertiary/aromatic N) is 1. The van der Waals surface area contributed by atoms with Gasteiger partial charge in [0.2, 0.25) is 0 Å². The molecule has 122 valence electrons. The summed E-state index contributed by atoms with van der Waals surface area (Å²) in [5.41, 5.74) is 7.56. The maximum absolute atomic E-state index is 6.69. The van der Waals surface area contributed by atoms with Crippen molar-refractivity contribution >= 4 is 0 Å². The molecule has 0 bridgehead atoms. The lowest BCUT2D eigenvalue weighted by atomic mass is 9.88. The van der Waals surface area contributed by atoms with Crippen molar-refractivity contribution in [3.63, 3.8) is 0 Å². The van der Waals surface area contributed by atoms with Gasteiger partial charge in [0.05, 0.1) is 7.11 Å². The third-order valence-electron chi connectivity index (χ3n) is 5.18. The van der Waals surface area contributed by atoms with Crippen LogP contribution in [0.2, 0.25) is 0 Å². The van der Waals surface area contributed by atoms with Crippen LogP contribution in [-0.4, -0.2) is 38.3 Å². The maximum atomic E-state index is 6.69. The molecule has 1 heterocycles. The Kier molecular flexibility index (Phi) is 4.59. The van der Waals surface area contributed by atoms with Crippen LogP contribution in [0.1, 0.15) is 44.1 Å². The quantitative estimate of drug-likeness (QED) is 0.929. The average molecular weight is 304 g/mol. The van der Waals surface area contributed by atoms with Crippen LogP contribution in [0.25, 0.3) is 0 Å². The summed E-state index contributed by atoms with van der Waals surface area (Å²) in [4.78, 5) is 2.35. The zero-order valence-electron chi connectivity index (χ0n) is 13.8. The number of likely N-dealkylation sites (tertiary alicyclic amines) is 1. The summed E-state index contributed by atoms with van der Waals surface area (Å²) in [5.74, 6) is 1.69.